The van der Waals surface area contributed by atoms with Gasteiger partial charge in [0, 0.05) is 31.9 Å². The van der Waals surface area contributed by atoms with Crippen molar-refractivity contribution in [1.82, 2.24) is 5.32 Å². The van der Waals surface area contributed by atoms with Gasteiger partial charge in [-0.25, -0.2) is 0 Å². The molecular weight excluding hydrogens is 653 g/mol. The number of nitrogens with one attached hydrogen (secondary N) is 3. The van der Waals surface area contributed by atoms with E-state index in [1.807, 2.05) is 42.5 Å². The van der Waals surface area contributed by atoms with Gasteiger partial charge in [-0.1, -0.05) is 89.9 Å². The predicted molar refractivity (Wildman–Crippen MR) is 190 cm³/mol. The summed E-state index contributed by atoms with van der Waals surface area (Å²) in [6, 6.07) is 37.1. The quantitative estimate of drug-likeness (QED) is 0.0956. The second-order valence-corrected chi connectivity index (χ2v) is 12.2. The average molecular weight is 683 g/mol. The molecule has 47 heavy (non-hydrogen) atoms. The lowest BCUT2D eigenvalue weighted by Crippen LogP contribution is -2.30. The Morgan fingerprint density at radius 3 is 2.04 bits per heavy atom. The average Bonchev–Trinajstić information content (AvgIpc) is 3.07. The molecule has 0 heterocycles. The van der Waals surface area contributed by atoms with Crippen LogP contribution in [-0.2, 0) is 9.59 Å². The van der Waals surface area contributed by atoms with Gasteiger partial charge in [0.05, 0.1) is 7.11 Å². The Bertz CT molecular complexity index is 1880. The van der Waals surface area contributed by atoms with Crippen LogP contribution in [0.5, 0.6) is 5.75 Å². The molecule has 0 radical (unpaired) electrons. The van der Waals surface area contributed by atoms with Crippen LogP contribution in [0.2, 0.25) is 10.0 Å². The van der Waals surface area contributed by atoms with Crippen LogP contribution in [0.1, 0.15) is 26.7 Å². The van der Waals surface area contributed by atoms with Crippen molar-refractivity contribution < 1.29 is 19.1 Å². The van der Waals surface area contributed by atoms with Crippen LogP contribution >= 0.6 is 35.0 Å². The first kappa shape index (κ1) is 33.3. The highest BCUT2D eigenvalue weighted by Gasteiger charge is 2.23. The number of amides is 3. The van der Waals surface area contributed by atoms with Gasteiger partial charge < -0.3 is 20.7 Å². The van der Waals surface area contributed by atoms with Crippen molar-refractivity contribution >= 4 is 70.1 Å². The molecule has 0 aliphatic carbocycles. The number of methoxy groups -OCH3 is 1. The maximum Gasteiger partial charge on any atom is 0.272 e. The van der Waals surface area contributed by atoms with Crippen molar-refractivity contribution in [1.29, 1.82) is 0 Å². The first-order valence-corrected chi connectivity index (χ1v) is 16.0. The Hall–Kier alpha value is -5.02. The predicted octanol–water partition coefficient (Wildman–Crippen LogP) is 8.88. The van der Waals surface area contributed by atoms with Crippen molar-refractivity contribution in [2.45, 2.75) is 10.1 Å². The van der Waals surface area contributed by atoms with E-state index in [0.29, 0.717) is 38.3 Å². The minimum absolute atomic E-state index is 0.0452. The highest BCUT2D eigenvalue weighted by atomic mass is 35.5. The van der Waals surface area contributed by atoms with E-state index >= 15 is 0 Å². The van der Waals surface area contributed by atoms with Crippen LogP contribution in [0.25, 0.3) is 6.08 Å². The van der Waals surface area contributed by atoms with Crippen molar-refractivity contribution in [2.75, 3.05) is 17.7 Å². The number of hydrogen-bond acceptors (Lipinski definition) is 5. The second-order valence-electron chi connectivity index (χ2n) is 10.2. The molecule has 236 valence electrons. The summed E-state index contributed by atoms with van der Waals surface area (Å²) < 4.78 is 5.24. The summed E-state index contributed by atoms with van der Waals surface area (Å²) in [5, 5.41) is 8.71. The lowest BCUT2D eigenvalue weighted by Gasteiger charge is -2.18. The lowest BCUT2D eigenvalue weighted by atomic mass is 10.1. The summed E-state index contributed by atoms with van der Waals surface area (Å²) in [5.41, 5.74) is 2.87. The van der Waals surface area contributed by atoms with Crippen LogP contribution in [0, 0.1) is 0 Å². The summed E-state index contributed by atoms with van der Waals surface area (Å²) in [4.78, 5) is 41.0. The molecule has 5 aromatic carbocycles. The number of carbonyl (C=O) groups is 3. The number of thioether (sulfide) groups is 1. The first-order valence-electron chi connectivity index (χ1n) is 14.4. The van der Waals surface area contributed by atoms with Crippen molar-refractivity contribution in [2.24, 2.45) is 0 Å². The Balaban J connectivity index is 1.38. The van der Waals surface area contributed by atoms with Crippen LogP contribution in [0.4, 0.5) is 11.4 Å². The zero-order chi connectivity index (χ0) is 33.2. The highest BCUT2D eigenvalue weighted by molar-refractivity contribution is 8.00. The molecule has 0 spiro atoms. The number of benzene rings is 5. The van der Waals surface area contributed by atoms with Gasteiger partial charge in [-0.05, 0) is 77.9 Å². The van der Waals surface area contributed by atoms with Crippen LogP contribution in [0.15, 0.2) is 138 Å². The molecule has 0 bridgehead atoms. The van der Waals surface area contributed by atoms with Gasteiger partial charge >= 0.3 is 0 Å². The Labute approximate surface area is 287 Å². The molecule has 1 atom stereocenters. The normalized spacial score (nSPS) is 11.7. The molecule has 0 fully saturated rings. The smallest absolute Gasteiger partial charge is 0.272 e. The molecule has 10 heteroatoms. The third kappa shape index (κ3) is 9.50. The SMILES string of the molecule is COc1ccc(/C=C(/NC(=O)c2ccccc2)C(=O)Nc2cccc(SC(C(=O)Nc3cc(Cl)cc(Cl)c3)c3ccccc3)c2)cc1. The van der Waals surface area contributed by atoms with Crippen LogP contribution in [0.3, 0.4) is 0 Å². The number of anilines is 2. The minimum atomic E-state index is -0.643. The van der Waals surface area contributed by atoms with E-state index in [1.54, 1.807) is 98.1 Å². The maximum atomic E-state index is 13.6. The van der Waals surface area contributed by atoms with Crippen molar-refractivity contribution in [3.05, 3.63) is 160 Å². The van der Waals surface area contributed by atoms with Gasteiger partial charge in [0.1, 0.15) is 16.7 Å². The fourth-order valence-corrected chi connectivity index (χ4v) is 6.13. The number of ether oxygens (including phenoxy) is 1. The van der Waals surface area contributed by atoms with Gasteiger partial charge in [0.15, 0.2) is 0 Å². The largest absolute Gasteiger partial charge is 0.497 e. The van der Waals surface area contributed by atoms with Crippen LogP contribution in [-0.4, -0.2) is 24.8 Å². The van der Waals surface area contributed by atoms with E-state index in [-0.39, 0.29) is 11.6 Å². The summed E-state index contributed by atoms with van der Waals surface area (Å²) in [6.45, 7) is 0. The Morgan fingerprint density at radius 2 is 1.38 bits per heavy atom. The number of carbonyl (C=O) groups excluding carboxylic acids is 3. The molecule has 0 aliphatic rings. The van der Waals surface area contributed by atoms with Crippen molar-refractivity contribution in [3.8, 4) is 5.75 Å². The zero-order valence-electron chi connectivity index (χ0n) is 25.1. The molecule has 0 aliphatic heterocycles. The third-order valence-corrected chi connectivity index (χ3v) is 8.46. The molecule has 0 saturated heterocycles. The van der Waals surface area contributed by atoms with E-state index in [2.05, 4.69) is 16.0 Å². The van der Waals surface area contributed by atoms with Gasteiger partial charge in [-0.15, -0.1) is 11.8 Å². The monoisotopic (exact) mass is 681 g/mol. The molecule has 5 rings (SSSR count). The van der Waals surface area contributed by atoms with Gasteiger partial charge in [0.25, 0.3) is 11.8 Å². The Morgan fingerprint density at radius 1 is 0.723 bits per heavy atom. The third-order valence-electron chi connectivity index (χ3n) is 6.77. The molecule has 3 amide bonds. The lowest BCUT2D eigenvalue weighted by molar-refractivity contribution is -0.116. The summed E-state index contributed by atoms with van der Waals surface area (Å²) in [7, 11) is 1.57. The van der Waals surface area contributed by atoms with Gasteiger partial charge in [-0.2, -0.15) is 0 Å². The van der Waals surface area contributed by atoms with Crippen molar-refractivity contribution in [3.63, 3.8) is 0 Å². The molecule has 0 aromatic heterocycles. The zero-order valence-corrected chi connectivity index (χ0v) is 27.4. The maximum absolute atomic E-state index is 13.6. The summed E-state index contributed by atoms with van der Waals surface area (Å²) >= 11 is 13.6. The topological polar surface area (TPSA) is 96.5 Å². The summed E-state index contributed by atoms with van der Waals surface area (Å²) in [5.74, 6) is -0.568. The van der Waals surface area contributed by atoms with Gasteiger partial charge in [-0.3, -0.25) is 14.4 Å². The van der Waals surface area contributed by atoms with E-state index < -0.39 is 17.1 Å². The molecule has 5 aromatic rings. The van der Waals surface area contributed by atoms with E-state index in [9.17, 15) is 14.4 Å². The van der Waals surface area contributed by atoms with Crippen LogP contribution < -0.4 is 20.7 Å². The molecule has 0 saturated carbocycles. The van der Waals surface area contributed by atoms with Gasteiger partial charge in [0.2, 0.25) is 5.91 Å². The van der Waals surface area contributed by atoms with E-state index in [1.165, 1.54) is 11.8 Å². The standard InChI is InChI=1S/C37H29Cl2N3O4S/c1-46-31-17-15-24(16-18-31)19-33(42-35(43)26-11-6-3-7-12-26)36(44)40-29-13-8-14-32(23-29)47-34(25-9-4-2-5-10-25)37(45)41-30-21-27(38)20-28(39)22-30/h2-23,34H,1H3,(H,40,44)(H,41,45)(H,42,43)/b33-19+. The summed E-state index contributed by atoms with van der Waals surface area (Å²) in [6.07, 6.45) is 1.59. The van der Waals surface area contributed by atoms with E-state index in [0.717, 1.165) is 10.5 Å². The molecule has 7 nitrogen and oxygen atoms in total. The number of halogens is 2. The fourth-order valence-electron chi connectivity index (χ4n) is 4.53. The minimum Gasteiger partial charge on any atom is -0.497 e. The first-order chi connectivity index (χ1) is 22.8. The highest BCUT2D eigenvalue weighted by Crippen LogP contribution is 2.37. The molecule has 1 unspecified atom stereocenters. The Kier molecular flexibility index (Phi) is 11.4. The molecular formula is C37H29Cl2N3O4S. The molecule has 3 N–H and O–H groups in total. The van der Waals surface area contributed by atoms with E-state index in [4.69, 9.17) is 27.9 Å². The second kappa shape index (κ2) is 16.0. The number of rotatable bonds is 11. The fraction of sp³-hybridized carbons (Fsp3) is 0.0541. The number of hydrogen-bond donors (Lipinski definition) is 3.